The second-order valence-electron chi connectivity index (χ2n) is 8.88. The van der Waals surface area contributed by atoms with Crippen LogP contribution in [0.5, 0.6) is 0 Å². The van der Waals surface area contributed by atoms with Crippen LogP contribution in [-0.4, -0.2) is 31.3 Å². The van der Waals surface area contributed by atoms with Crippen LogP contribution in [0.1, 0.15) is 70.5 Å². The monoisotopic (exact) mass is 413 g/mol. The Labute approximate surface area is 166 Å². The van der Waals surface area contributed by atoms with Crippen LogP contribution in [0.25, 0.3) is 11.0 Å². The largest absolute Gasteiger partial charge is 0.418 e. The van der Waals surface area contributed by atoms with E-state index in [2.05, 4.69) is 10.3 Å². The first-order valence-corrected chi connectivity index (χ1v) is 9.55. The van der Waals surface area contributed by atoms with Crippen LogP contribution in [0.4, 0.5) is 19.1 Å². The lowest BCUT2D eigenvalue weighted by atomic mass is 9.91. The number of aromatic nitrogens is 2. The van der Waals surface area contributed by atoms with Gasteiger partial charge in [0, 0.05) is 6.04 Å². The van der Waals surface area contributed by atoms with Crippen molar-refractivity contribution in [3.63, 3.8) is 0 Å². The maximum Gasteiger partial charge on any atom is 0.418 e. The van der Waals surface area contributed by atoms with E-state index in [9.17, 15) is 28.2 Å². The lowest BCUT2D eigenvalue weighted by molar-refractivity contribution is -0.136. The Morgan fingerprint density at radius 1 is 1.21 bits per heavy atom. The SMILES string of the molecule is CC(C)(O)CC(=O)Nc1nc2c(C(F)(F)F)cc(C(C)(C)O)cc2n1C1CCC1. The third-order valence-electron chi connectivity index (χ3n) is 5.09. The number of benzene rings is 1. The smallest absolute Gasteiger partial charge is 0.390 e. The number of anilines is 1. The minimum Gasteiger partial charge on any atom is -0.390 e. The van der Waals surface area contributed by atoms with Crippen molar-refractivity contribution in [1.29, 1.82) is 0 Å². The Morgan fingerprint density at radius 2 is 1.83 bits per heavy atom. The van der Waals surface area contributed by atoms with E-state index in [-0.39, 0.29) is 35.0 Å². The summed E-state index contributed by atoms with van der Waals surface area (Å²) in [5.74, 6) is -0.512. The molecule has 0 saturated heterocycles. The molecule has 3 N–H and O–H groups in total. The Morgan fingerprint density at radius 3 is 2.28 bits per heavy atom. The molecule has 1 aromatic carbocycles. The van der Waals surface area contributed by atoms with Crippen molar-refractivity contribution < 1.29 is 28.2 Å². The number of nitrogens with one attached hydrogen (secondary N) is 1. The van der Waals surface area contributed by atoms with Crippen LogP contribution < -0.4 is 5.32 Å². The summed E-state index contributed by atoms with van der Waals surface area (Å²) < 4.78 is 42.9. The van der Waals surface area contributed by atoms with Gasteiger partial charge in [0.2, 0.25) is 11.9 Å². The lowest BCUT2D eigenvalue weighted by Crippen LogP contribution is -2.29. The van der Waals surface area contributed by atoms with Crippen molar-refractivity contribution in [1.82, 2.24) is 9.55 Å². The van der Waals surface area contributed by atoms with Gasteiger partial charge in [0.05, 0.1) is 28.7 Å². The summed E-state index contributed by atoms with van der Waals surface area (Å²) in [5, 5.41) is 22.7. The molecule has 160 valence electrons. The summed E-state index contributed by atoms with van der Waals surface area (Å²) in [4.78, 5) is 16.4. The lowest BCUT2D eigenvalue weighted by Gasteiger charge is -2.29. The van der Waals surface area contributed by atoms with Gasteiger partial charge in [-0.05, 0) is 64.7 Å². The number of imidazole rings is 1. The standard InChI is InChI=1S/C20H26F3N3O3/c1-18(2,28)10-15(27)24-17-25-16-13(20(21,22)23)8-11(19(3,4)29)9-14(16)26(17)12-6-5-7-12/h8-9,12,28-29H,5-7,10H2,1-4H3,(H,24,25,27). The van der Waals surface area contributed by atoms with E-state index in [0.29, 0.717) is 0 Å². The van der Waals surface area contributed by atoms with Gasteiger partial charge in [-0.1, -0.05) is 0 Å². The molecule has 0 unspecified atom stereocenters. The molecule has 0 bridgehead atoms. The normalized spacial score (nSPS) is 16.2. The minimum absolute atomic E-state index is 0.0253. The van der Waals surface area contributed by atoms with Gasteiger partial charge in [-0.15, -0.1) is 0 Å². The third kappa shape index (κ3) is 4.56. The molecule has 1 aliphatic rings. The molecule has 0 spiro atoms. The number of hydrogen-bond donors (Lipinski definition) is 3. The highest BCUT2D eigenvalue weighted by atomic mass is 19.4. The second-order valence-corrected chi connectivity index (χ2v) is 8.88. The first-order valence-electron chi connectivity index (χ1n) is 9.55. The Hall–Kier alpha value is -2.13. The van der Waals surface area contributed by atoms with E-state index in [1.165, 1.54) is 33.8 Å². The third-order valence-corrected chi connectivity index (χ3v) is 5.09. The highest BCUT2D eigenvalue weighted by Crippen LogP contribution is 2.42. The number of alkyl halides is 3. The molecule has 2 aromatic rings. The molecular weight excluding hydrogens is 387 g/mol. The maximum absolute atomic E-state index is 13.8. The molecule has 29 heavy (non-hydrogen) atoms. The predicted octanol–water partition coefficient (Wildman–Crippen LogP) is 4.11. The van der Waals surface area contributed by atoms with Crippen molar-refractivity contribution in [2.45, 2.75) is 76.8 Å². The summed E-state index contributed by atoms with van der Waals surface area (Å²) in [6, 6.07) is 2.32. The predicted molar refractivity (Wildman–Crippen MR) is 102 cm³/mol. The quantitative estimate of drug-likeness (QED) is 0.689. The van der Waals surface area contributed by atoms with Crippen LogP contribution in [0, 0.1) is 0 Å². The van der Waals surface area contributed by atoms with E-state index in [0.717, 1.165) is 25.3 Å². The summed E-state index contributed by atoms with van der Waals surface area (Å²) in [6.07, 6.45) is -2.45. The Bertz CT molecular complexity index is 933. The molecule has 3 rings (SSSR count). The molecule has 0 aliphatic heterocycles. The van der Waals surface area contributed by atoms with E-state index >= 15 is 0 Å². The van der Waals surface area contributed by atoms with Gasteiger partial charge >= 0.3 is 6.18 Å². The number of carbonyl (C=O) groups is 1. The highest BCUT2D eigenvalue weighted by Gasteiger charge is 2.38. The molecule has 6 nitrogen and oxygen atoms in total. The van der Waals surface area contributed by atoms with Crippen LogP contribution in [0.3, 0.4) is 0 Å². The molecule has 1 aromatic heterocycles. The van der Waals surface area contributed by atoms with Gasteiger partial charge in [-0.2, -0.15) is 13.2 Å². The van der Waals surface area contributed by atoms with Gasteiger partial charge in [0.1, 0.15) is 5.52 Å². The van der Waals surface area contributed by atoms with E-state index in [4.69, 9.17) is 0 Å². The average Bonchev–Trinajstić information content (AvgIpc) is 2.78. The fourth-order valence-corrected chi connectivity index (χ4v) is 3.43. The van der Waals surface area contributed by atoms with E-state index in [1.807, 2.05) is 0 Å². The van der Waals surface area contributed by atoms with E-state index < -0.39 is 28.8 Å². The van der Waals surface area contributed by atoms with Gasteiger partial charge in [-0.25, -0.2) is 4.98 Å². The fourth-order valence-electron chi connectivity index (χ4n) is 3.43. The number of halogens is 3. The molecule has 0 radical (unpaired) electrons. The number of nitrogens with zero attached hydrogens (tertiary/aromatic N) is 2. The molecule has 1 saturated carbocycles. The summed E-state index contributed by atoms with van der Waals surface area (Å²) >= 11 is 0. The average molecular weight is 413 g/mol. The van der Waals surface area contributed by atoms with Crippen LogP contribution in [0.15, 0.2) is 12.1 Å². The molecular formula is C20H26F3N3O3. The number of hydrogen-bond acceptors (Lipinski definition) is 4. The zero-order valence-corrected chi connectivity index (χ0v) is 16.9. The zero-order chi connectivity index (χ0) is 21.8. The first kappa shape index (κ1) is 21.6. The number of rotatable bonds is 5. The van der Waals surface area contributed by atoms with Crippen molar-refractivity contribution in [2.75, 3.05) is 5.32 Å². The first-order chi connectivity index (χ1) is 13.2. The van der Waals surface area contributed by atoms with Crippen molar-refractivity contribution in [3.8, 4) is 0 Å². The van der Waals surface area contributed by atoms with Crippen molar-refractivity contribution >= 4 is 22.9 Å². The molecule has 0 atom stereocenters. The van der Waals surface area contributed by atoms with Gasteiger partial charge in [0.15, 0.2) is 0 Å². The summed E-state index contributed by atoms with van der Waals surface area (Å²) in [5.41, 5.74) is -3.62. The number of amides is 1. The van der Waals surface area contributed by atoms with Gasteiger partial charge in [0.25, 0.3) is 0 Å². The maximum atomic E-state index is 13.8. The van der Waals surface area contributed by atoms with Crippen LogP contribution in [-0.2, 0) is 16.6 Å². The fraction of sp³-hybridized carbons (Fsp3) is 0.600. The Balaban J connectivity index is 2.20. The summed E-state index contributed by atoms with van der Waals surface area (Å²) in [7, 11) is 0. The van der Waals surface area contributed by atoms with Gasteiger partial charge < -0.3 is 14.8 Å². The molecule has 9 heteroatoms. The summed E-state index contributed by atoms with van der Waals surface area (Å²) in [6.45, 7) is 5.78. The van der Waals surface area contributed by atoms with Crippen molar-refractivity contribution in [2.24, 2.45) is 0 Å². The minimum atomic E-state index is -4.67. The highest BCUT2D eigenvalue weighted by molar-refractivity contribution is 5.93. The number of carbonyl (C=O) groups excluding carboxylic acids is 1. The Kier molecular flexibility index (Phi) is 5.20. The molecule has 1 amide bonds. The number of fused-ring (bicyclic) bond motifs is 1. The van der Waals surface area contributed by atoms with E-state index in [1.54, 1.807) is 4.57 Å². The van der Waals surface area contributed by atoms with Crippen LogP contribution in [0.2, 0.25) is 0 Å². The molecule has 1 fully saturated rings. The number of aliphatic hydroxyl groups is 2. The van der Waals surface area contributed by atoms with Crippen LogP contribution >= 0.6 is 0 Å². The molecule has 1 heterocycles. The molecule has 1 aliphatic carbocycles. The van der Waals surface area contributed by atoms with Crippen molar-refractivity contribution in [3.05, 3.63) is 23.3 Å². The van der Waals surface area contributed by atoms with Gasteiger partial charge in [-0.3, -0.25) is 10.1 Å². The second kappa shape index (κ2) is 6.98. The zero-order valence-electron chi connectivity index (χ0n) is 16.9. The topological polar surface area (TPSA) is 87.4 Å².